The number of nitrogens with zero attached hydrogens (tertiary/aromatic N) is 1. The van der Waals surface area contributed by atoms with Crippen LogP contribution in [0, 0.1) is 6.92 Å². The normalized spacial score (nSPS) is 19.3. The topological polar surface area (TPSA) is 57.6 Å². The Bertz CT molecular complexity index is 1330. The quantitative estimate of drug-likeness (QED) is 0.267. The van der Waals surface area contributed by atoms with E-state index >= 15 is 0 Å². The zero-order chi connectivity index (χ0) is 24.7. The van der Waals surface area contributed by atoms with Crippen molar-refractivity contribution in [2.24, 2.45) is 0 Å². The first-order valence-corrected chi connectivity index (χ1v) is 12.4. The Morgan fingerprint density at radius 3 is 2.31 bits per heavy atom. The molecule has 178 valence electrons. The van der Waals surface area contributed by atoms with E-state index in [-0.39, 0.29) is 11.3 Å². The van der Waals surface area contributed by atoms with Gasteiger partial charge in [-0.05, 0) is 79.0 Å². The molecule has 1 heterocycles. The molecule has 2 aliphatic rings. The summed E-state index contributed by atoms with van der Waals surface area (Å²) < 4.78 is 0. The summed E-state index contributed by atoms with van der Waals surface area (Å²) >= 11 is 0. The molecular formula is C31H31NO3. The summed E-state index contributed by atoms with van der Waals surface area (Å²) in [5.74, 6) is -1.02. The number of ketones is 1. The van der Waals surface area contributed by atoms with Gasteiger partial charge in [0.25, 0.3) is 11.7 Å². The van der Waals surface area contributed by atoms with Gasteiger partial charge in [-0.1, -0.05) is 67.9 Å². The lowest BCUT2D eigenvalue weighted by Gasteiger charge is -2.26. The van der Waals surface area contributed by atoms with Gasteiger partial charge in [0, 0.05) is 11.3 Å². The standard InChI is InChI=1S/C31H31NO3/c1-19(2)21-13-15-26(16-14-21)32-28(24-10-6-7-20(3)17-24)27(30(34)31(32)35)29(33)25-12-11-22-8-4-5-9-23(22)18-25/h6-7,10-19,28,33H,4-5,8-9H2,1-3H3/b29-27-. The first kappa shape index (κ1) is 23.1. The smallest absolute Gasteiger partial charge is 0.300 e. The second-order valence-electron chi connectivity index (χ2n) is 10.0. The van der Waals surface area contributed by atoms with Crippen LogP contribution in [0.4, 0.5) is 5.69 Å². The van der Waals surface area contributed by atoms with Gasteiger partial charge in [0.15, 0.2) is 0 Å². The van der Waals surface area contributed by atoms with Crippen LogP contribution in [0.5, 0.6) is 0 Å². The minimum Gasteiger partial charge on any atom is -0.507 e. The van der Waals surface area contributed by atoms with Crippen molar-refractivity contribution >= 4 is 23.1 Å². The average Bonchev–Trinajstić information content (AvgIpc) is 3.13. The molecule has 4 nitrogen and oxygen atoms in total. The van der Waals surface area contributed by atoms with Crippen LogP contribution in [0.2, 0.25) is 0 Å². The fourth-order valence-corrected chi connectivity index (χ4v) is 5.31. The number of benzene rings is 3. The van der Waals surface area contributed by atoms with Gasteiger partial charge in [0.1, 0.15) is 5.76 Å². The first-order valence-electron chi connectivity index (χ1n) is 12.4. The maximum absolute atomic E-state index is 13.4. The van der Waals surface area contributed by atoms with Gasteiger partial charge in [-0.15, -0.1) is 0 Å². The molecule has 35 heavy (non-hydrogen) atoms. The van der Waals surface area contributed by atoms with Gasteiger partial charge in [-0.2, -0.15) is 0 Å². The van der Waals surface area contributed by atoms with Crippen molar-refractivity contribution in [3.63, 3.8) is 0 Å². The monoisotopic (exact) mass is 465 g/mol. The third-order valence-electron chi connectivity index (χ3n) is 7.26. The van der Waals surface area contributed by atoms with Crippen molar-refractivity contribution in [2.75, 3.05) is 4.90 Å². The Hall–Kier alpha value is -3.66. The van der Waals surface area contributed by atoms with Gasteiger partial charge in [0.05, 0.1) is 11.6 Å². The van der Waals surface area contributed by atoms with E-state index in [4.69, 9.17) is 0 Å². The first-order chi connectivity index (χ1) is 16.8. The molecule has 1 atom stereocenters. The van der Waals surface area contributed by atoms with Crippen molar-refractivity contribution in [2.45, 2.75) is 58.4 Å². The summed E-state index contributed by atoms with van der Waals surface area (Å²) in [6, 6.07) is 20.8. The van der Waals surface area contributed by atoms with Crippen LogP contribution in [-0.2, 0) is 22.4 Å². The van der Waals surface area contributed by atoms with E-state index in [1.807, 2.05) is 73.7 Å². The van der Waals surface area contributed by atoms with Crippen LogP contribution in [0.1, 0.15) is 72.0 Å². The maximum Gasteiger partial charge on any atom is 0.300 e. The predicted octanol–water partition coefficient (Wildman–Crippen LogP) is 6.62. The lowest BCUT2D eigenvalue weighted by atomic mass is 9.88. The number of hydrogen-bond acceptors (Lipinski definition) is 3. The fourth-order valence-electron chi connectivity index (χ4n) is 5.31. The summed E-state index contributed by atoms with van der Waals surface area (Å²) in [4.78, 5) is 28.4. The van der Waals surface area contributed by atoms with Crippen LogP contribution in [0.3, 0.4) is 0 Å². The molecule has 1 N–H and O–H groups in total. The van der Waals surface area contributed by atoms with Crippen LogP contribution in [-0.4, -0.2) is 16.8 Å². The Balaban J connectivity index is 1.67. The number of carbonyl (C=O) groups excluding carboxylic acids is 2. The van der Waals surface area contributed by atoms with Crippen LogP contribution < -0.4 is 4.90 Å². The molecule has 1 aliphatic heterocycles. The average molecular weight is 466 g/mol. The molecule has 1 saturated heterocycles. The molecule has 5 rings (SSSR count). The van der Waals surface area contributed by atoms with Gasteiger partial charge in [-0.3, -0.25) is 14.5 Å². The molecule has 1 unspecified atom stereocenters. The zero-order valence-electron chi connectivity index (χ0n) is 20.5. The second-order valence-corrected chi connectivity index (χ2v) is 10.0. The van der Waals surface area contributed by atoms with Gasteiger partial charge < -0.3 is 5.11 Å². The molecule has 0 spiro atoms. The largest absolute Gasteiger partial charge is 0.507 e. The molecule has 1 fully saturated rings. The van der Waals surface area contributed by atoms with Crippen LogP contribution in [0.15, 0.2) is 72.3 Å². The van der Waals surface area contributed by atoms with E-state index in [1.54, 1.807) is 0 Å². The number of hydrogen-bond donors (Lipinski definition) is 1. The summed E-state index contributed by atoms with van der Waals surface area (Å²) in [6.07, 6.45) is 4.30. The van der Waals surface area contributed by atoms with E-state index in [1.165, 1.54) is 22.4 Å². The summed E-state index contributed by atoms with van der Waals surface area (Å²) in [6.45, 7) is 6.22. The number of aliphatic hydroxyl groups is 1. The van der Waals surface area contributed by atoms with Crippen molar-refractivity contribution in [1.29, 1.82) is 0 Å². The molecule has 1 amide bonds. The van der Waals surface area contributed by atoms with E-state index < -0.39 is 17.7 Å². The minimum absolute atomic E-state index is 0.107. The number of Topliss-reactive ketones (excluding diaryl/α,β-unsaturated/α-hetero) is 1. The number of rotatable bonds is 4. The summed E-state index contributed by atoms with van der Waals surface area (Å²) in [5.41, 5.74) is 6.88. The second kappa shape index (κ2) is 9.18. The summed E-state index contributed by atoms with van der Waals surface area (Å²) in [7, 11) is 0. The fraction of sp³-hybridized carbons (Fsp3) is 0.290. The van der Waals surface area contributed by atoms with Crippen LogP contribution >= 0.6 is 0 Å². The van der Waals surface area contributed by atoms with Gasteiger partial charge in [-0.25, -0.2) is 0 Å². The highest BCUT2D eigenvalue weighted by Crippen LogP contribution is 2.42. The minimum atomic E-state index is -0.698. The third kappa shape index (κ3) is 4.18. The Kier molecular flexibility index (Phi) is 6.06. The molecule has 0 saturated carbocycles. The number of fused-ring (bicyclic) bond motifs is 1. The van der Waals surface area contributed by atoms with E-state index in [0.29, 0.717) is 17.2 Å². The van der Waals surface area contributed by atoms with E-state index in [0.717, 1.165) is 36.0 Å². The van der Waals surface area contributed by atoms with Crippen molar-refractivity contribution < 1.29 is 14.7 Å². The van der Waals surface area contributed by atoms with Gasteiger partial charge in [0.2, 0.25) is 0 Å². The number of aryl methyl sites for hydroxylation is 3. The van der Waals surface area contributed by atoms with Crippen molar-refractivity contribution in [3.8, 4) is 0 Å². The third-order valence-corrected chi connectivity index (χ3v) is 7.26. The van der Waals surface area contributed by atoms with Crippen molar-refractivity contribution in [1.82, 2.24) is 0 Å². The number of anilines is 1. The molecule has 0 aromatic heterocycles. The molecule has 0 radical (unpaired) electrons. The highest BCUT2D eigenvalue weighted by Gasteiger charge is 2.47. The molecular weight excluding hydrogens is 434 g/mol. The predicted molar refractivity (Wildman–Crippen MR) is 140 cm³/mol. The molecule has 4 heteroatoms. The molecule has 3 aromatic rings. The molecule has 3 aromatic carbocycles. The van der Waals surface area contributed by atoms with E-state index in [9.17, 15) is 14.7 Å². The lowest BCUT2D eigenvalue weighted by molar-refractivity contribution is -0.132. The Labute approximate surface area is 206 Å². The highest BCUT2D eigenvalue weighted by molar-refractivity contribution is 6.51. The molecule has 1 aliphatic carbocycles. The number of amides is 1. The number of aliphatic hydroxyl groups excluding tert-OH is 1. The van der Waals surface area contributed by atoms with Crippen LogP contribution in [0.25, 0.3) is 5.76 Å². The summed E-state index contributed by atoms with van der Waals surface area (Å²) in [5, 5.41) is 11.5. The molecule has 0 bridgehead atoms. The zero-order valence-corrected chi connectivity index (χ0v) is 20.5. The van der Waals surface area contributed by atoms with E-state index in [2.05, 4.69) is 13.8 Å². The Morgan fingerprint density at radius 2 is 1.63 bits per heavy atom. The highest BCUT2D eigenvalue weighted by atomic mass is 16.3. The number of carbonyl (C=O) groups is 2. The Morgan fingerprint density at radius 1 is 0.914 bits per heavy atom. The van der Waals surface area contributed by atoms with Crippen molar-refractivity contribution in [3.05, 3.63) is 106 Å². The van der Waals surface area contributed by atoms with Gasteiger partial charge >= 0.3 is 0 Å². The SMILES string of the molecule is Cc1cccc(C2/C(=C(/O)c3ccc4c(c3)CCCC4)C(=O)C(=O)N2c2ccc(C(C)C)cc2)c1. The lowest BCUT2D eigenvalue weighted by Crippen LogP contribution is -2.29. The maximum atomic E-state index is 13.4.